The van der Waals surface area contributed by atoms with E-state index in [9.17, 15) is 4.79 Å². The molecule has 0 fully saturated rings. The highest BCUT2D eigenvalue weighted by Crippen LogP contribution is 2.14. The van der Waals surface area contributed by atoms with Crippen molar-refractivity contribution >= 4 is 18.3 Å². The molecule has 0 aliphatic carbocycles. The zero-order valence-corrected chi connectivity index (χ0v) is 14.3. The zero-order valence-electron chi connectivity index (χ0n) is 13.5. The maximum Gasteiger partial charge on any atom is 0.272 e. The molecule has 7 heteroatoms. The number of benzene rings is 1. The van der Waals surface area contributed by atoms with Gasteiger partial charge in [0.1, 0.15) is 5.75 Å². The van der Waals surface area contributed by atoms with Gasteiger partial charge in [0.05, 0.1) is 12.8 Å². The van der Waals surface area contributed by atoms with E-state index in [1.54, 1.807) is 24.1 Å². The van der Waals surface area contributed by atoms with E-state index in [2.05, 4.69) is 21.8 Å². The summed E-state index contributed by atoms with van der Waals surface area (Å²) in [6.45, 7) is 2.42. The first kappa shape index (κ1) is 18.0. The van der Waals surface area contributed by atoms with E-state index in [-0.39, 0.29) is 18.3 Å². The number of hydrogen-bond donors (Lipinski definition) is 2. The topological polar surface area (TPSA) is 68.2 Å². The average Bonchev–Trinajstić information content (AvgIpc) is 3.11. The van der Waals surface area contributed by atoms with Crippen molar-refractivity contribution in [3.8, 4) is 11.4 Å². The van der Waals surface area contributed by atoms with Crippen LogP contribution in [0, 0.1) is 0 Å². The second-order valence-electron chi connectivity index (χ2n) is 5.34. The van der Waals surface area contributed by atoms with Gasteiger partial charge in [-0.05, 0) is 43.3 Å². The molecular formula is C17H21ClN4O2. The van der Waals surface area contributed by atoms with Crippen LogP contribution in [0.2, 0.25) is 0 Å². The molecule has 0 atom stereocenters. The molecule has 1 aliphatic rings. The second kappa shape index (κ2) is 8.52. The first-order valence-corrected chi connectivity index (χ1v) is 7.63. The molecule has 0 radical (unpaired) electrons. The minimum atomic E-state index is -0.156. The van der Waals surface area contributed by atoms with E-state index in [0.717, 1.165) is 30.9 Å². The number of rotatable bonds is 5. The third-order valence-electron chi connectivity index (χ3n) is 3.79. The molecule has 1 aromatic carbocycles. The fraction of sp³-hybridized carbons (Fsp3) is 0.294. The summed E-state index contributed by atoms with van der Waals surface area (Å²) in [5, 5.41) is 10.5. The van der Waals surface area contributed by atoms with Crippen LogP contribution in [0.5, 0.6) is 5.75 Å². The summed E-state index contributed by atoms with van der Waals surface area (Å²) < 4.78 is 6.81. The van der Waals surface area contributed by atoms with Crippen LogP contribution in [-0.2, 0) is 0 Å². The zero-order chi connectivity index (χ0) is 16.1. The number of methoxy groups -OCH3 is 1. The molecule has 0 unspecified atom stereocenters. The van der Waals surface area contributed by atoms with Crippen molar-refractivity contribution < 1.29 is 9.53 Å². The van der Waals surface area contributed by atoms with Gasteiger partial charge in [0.15, 0.2) is 5.69 Å². The van der Waals surface area contributed by atoms with Crippen LogP contribution < -0.4 is 15.4 Å². The number of halogens is 1. The molecule has 0 saturated carbocycles. The van der Waals surface area contributed by atoms with E-state index in [4.69, 9.17) is 4.74 Å². The van der Waals surface area contributed by atoms with Gasteiger partial charge in [-0.15, -0.1) is 12.4 Å². The molecular weight excluding hydrogens is 328 g/mol. The first-order chi connectivity index (χ1) is 11.3. The average molecular weight is 349 g/mol. The lowest BCUT2D eigenvalue weighted by Crippen LogP contribution is -2.29. The van der Waals surface area contributed by atoms with E-state index in [0.29, 0.717) is 12.2 Å². The van der Waals surface area contributed by atoms with Crippen LogP contribution in [0.4, 0.5) is 0 Å². The summed E-state index contributed by atoms with van der Waals surface area (Å²) in [5.41, 5.74) is 2.55. The lowest BCUT2D eigenvalue weighted by Gasteiger charge is -2.14. The van der Waals surface area contributed by atoms with Crippen LogP contribution in [0.25, 0.3) is 5.69 Å². The SMILES string of the molecule is COc1ccc(-n2ccc(C(=O)NCC3=CCNCC3)n2)cc1.Cl. The highest BCUT2D eigenvalue weighted by Gasteiger charge is 2.11. The minimum absolute atomic E-state index is 0. The summed E-state index contributed by atoms with van der Waals surface area (Å²) in [7, 11) is 1.63. The standard InChI is InChI=1S/C17H20N4O2.ClH/c1-23-15-4-2-14(3-5-15)21-11-8-16(20-21)17(22)19-12-13-6-9-18-10-7-13;/h2-6,8,11,18H,7,9-10,12H2,1H3,(H,19,22);1H. The van der Waals surface area contributed by atoms with Gasteiger partial charge in [0, 0.05) is 19.3 Å². The summed E-state index contributed by atoms with van der Waals surface area (Å²) in [6, 6.07) is 9.23. The normalized spacial score (nSPS) is 13.6. The predicted molar refractivity (Wildman–Crippen MR) is 95.3 cm³/mol. The summed E-state index contributed by atoms with van der Waals surface area (Å²) in [6.07, 6.45) is 4.88. The van der Waals surface area contributed by atoms with Crippen LogP contribution in [0.15, 0.2) is 48.2 Å². The van der Waals surface area contributed by atoms with Crippen LogP contribution in [0.3, 0.4) is 0 Å². The van der Waals surface area contributed by atoms with Crippen LogP contribution in [-0.4, -0.2) is 42.4 Å². The lowest BCUT2D eigenvalue weighted by atomic mass is 10.1. The Kier molecular flexibility index (Phi) is 6.40. The number of carbonyl (C=O) groups excluding carboxylic acids is 1. The van der Waals surface area contributed by atoms with Crippen molar-refractivity contribution in [1.82, 2.24) is 20.4 Å². The van der Waals surface area contributed by atoms with Gasteiger partial charge in [-0.2, -0.15) is 5.10 Å². The van der Waals surface area contributed by atoms with Crippen molar-refractivity contribution in [2.75, 3.05) is 26.7 Å². The monoisotopic (exact) mass is 348 g/mol. The Morgan fingerprint density at radius 2 is 2.12 bits per heavy atom. The van der Waals surface area contributed by atoms with Crippen molar-refractivity contribution in [2.24, 2.45) is 0 Å². The molecule has 0 saturated heterocycles. The Hall–Kier alpha value is -2.31. The Labute approximate surface area is 147 Å². The van der Waals surface area contributed by atoms with Crippen LogP contribution in [0.1, 0.15) is 16.9 Å². The molecule has 2 N–H and O–H groups in total. The number of ether oxygens (including phenoxy) is 1. The Bertz CT molecular complexity index is 710. The fourth-order valence-corrected chi connectivity index (χ4v) is 2.44. The molecule has 128 valence electrons. The molecule has 24 heavy (non-hydrogen) atoms. The van der Waals surface area contributed by atoms with E-state index >= 15 is 0 Å². The molecule has 1 aromatic heterocycles. The largest absolute Gasteiger partial charge is 0.497 e. The van der Waals surface area contributed by atoms with Gasteiger partial charge in [0.2, 0.25) is 0 Å². The molecule has 6 nitrogen and oxygen atoms in total. The molecule has 2 aromatic rings. The Balaban J connectivity index is 0.00000208. The van der Waals surface area contributed by atoms with Gasteiger partial charge in [-0.3, -0.25) is 4.79 Å². The van der Waals surface area contributed by atoms with Crippen molar-refractivity contribution in [3.05, 3.63) is 53.9 Å². The number of aromatic nitrogens is 2. The van der Waals surface area contributed by atoms with E-state index in [1.165, 1.54) is 5.57 Å². The molecule has 0 spiro atoms. The van der Waals surface area contributed by atoms with E-state index < -0.39 is 0 Å². The lowest BCUT2D eigenvalue weighted by molar-refractivity contribution is 0.0951. The van der Waals surface area contributed by atoms with E-state index in [1.807, 2.05) is 24.3 Å². The predicted octanol–water partition coefficient (Wildman–Crippen LogP) is 1.95. The van der Waals surface area contributed by atoms with Gasteiger partial charge < -0.3 is 15.4 Å². The highest BCUT2D eigenvalue weighted by atomic mass is 35.5. The number of carbonyl (C=O) groups is 1. The maximum atomic E-state index is 12.2. The molecule has 1 amide bonds. The minimum Gasteiger partial charge on any atom is -0.497 e. The van der Waals surface area contributed by atoms with Gasteiger partial charge in [-0.25, -0.2) is 4.68 Å². The van der Waals surface area contributed by atoms with Gasteiger partial charge in [-0.1, -0.05) is 11.6 Å². The Morgan fingerprint density at radius 1 is 1.33 bits per heavy atom. The van der Waals surface area contributed by atoms with Crippen molar-refractivity contribution in [1.29, 1.82) is 0 Å². The molecule has 1 aliphatic heterocycles. The fourth-order valence-electron chi connectivity index (χ4n) is 2.44. The quantitative estimate of drug-likeness (QED) is 0.810. The number of amides is 1. The molecule has 0 bridgehead atoms. The molecule has 2 heterocycles. The number of nitrogens with zero attached hydrogens (tertiary/aromatic N) is 2. The van der Waals surface area contributed by atoms with Crippen molar-refractivity contribution in [2.45, 2.75) is 6.42 Å². The highest BCUT2D eigenvalue weighted by molar-refractivity contribution is 5.92. The third-order valence-corrected chi connectivity index (χ3v) is 3.79. The van der Waals surface area contributed by atoms with Gasteiger partial charge >= 0.3 is 0 Å². The number of hydrogen-bond acceptors (Lipinski definition) is 4. The van der Waals surface area contributed by atoms with Crippen LogP contribution >= 0.6 is 12.4 Å². The second-order valence-corrected chi connectivity index (χ2v) is 5.34. The third kappa shape index (κ3) is 4.37. The van der Waals surface area contributed by atoms with Crippen molar-refractivity contribution in [3.63, 3.8) is 0 Å². The summed E-state index contributed by atoms with van der Waals surface area (Å²) in [4.78, 5) is 12.2. The van der Waals surface area contributed by atoms with Gasteiger partial charge in [0.25, 0.3) is 5.91 Å². The molecule has 3 rings (SSSR count). The summed E-state index contributed by atoms with van der Waals surface area (Å²) >= 11 is 0. The number of nitrogens with one attached hydrogen (secondary N) is 2. The smallest absolute Gasteiger partial charge is 0.272 e. The summed E-state index contributed by atoms with van der Waals surface area (Å²) in [5.74, 6) is 0.630. The maximum absolute atomic E-state index is 12.2. The Morgan fingerprint density at radius 3 is 2.79 bits per heavy atom. The first-order valence-electron chi connectivity index (χ1n) is 7.63.